The lowest BCUT2D eigenvalue weighted by molar-refractivity contribution is 0.165. The minimum absolute atomic E-state index is 0.103. The van der Waals surface area contributed by atoms with Crippen LogP contribution in [-0.2, 0) is 45.9 Å². The number of fused-ring (bicyclic) bond motifs is 2. The van der Waals surface area contributed by atoms with Crippen molar-refractivity contribution >= 4 is 62.0 Å². The van der Waals surface area contributed by atoms with Crippen molar-refractivity contribution in [3.05, 3.63) is 113 Å². The van der Waals surface area contributed by atoms with Gasteiger partial charge in [0, 0.05) is 16.3 Å². The molecule has 5 aromatic carbocycles. The smallest absolute Gasteiger partial charge is 0.295 e. The van der Waals surface area contributed by atoms with E-state index < -0.39 is 152 Å². The van der Waals surface area contributed by atoms with Crippen LogP contribution < -0.4 is 9.47 Å². The Labute approximate surface area is 325 Å². The summed E-state index contributed by atoms with van der Waals surface area (Å²) in [6, 6.07) is 6.17. The van der Waals surface area contributed by atoms with E-state index in [0.29, 0.717) is 24.3 Å². The standard InChI is InChI=1S/C33H18F8O14S4/c1-33(31(40)27(38)30(28(39)32(33)41)55-15-5-3-13-7-17(57(45,46)47)11-21(19(13)9-15)59(51,52)53)22-23(34)25(36)29(26(37)24(22)35)54-14-4-2-12-6-16(56(42,43)44)10-20(18(12)8-14)58(48,49)50/h2-11,31H,1H3,(H,42,43,44)(H,45,46,47)(H,48,49,50)(H,51,52,53). The normalized spacial score (nSPS) is 18.2. The second-order valence-corrected chi connectivity index (χ2v) is 18.2. The molecule has 0 aliphatic heterocycles. The molecule has 0 spiro atoms. The first-order valence-corrected chi connectivity index (χ1v) is 21.1. The minimum Gasteiger partial charge on any atom is -0.451 e. The molecule has 0 aromatic heterocycles. The predicted molar refractivity (Wildman–Crippen MR) is 184 cm³/mol. The number of hydrogen-bond acceptors (Lipinski definition) is 10. The third kappa shape index (κ3) is 7.49. The van der Waals surface area contributed by atoms with E-state index in [0.717, 1.165) is 24.3 Å². The van der Waals surface area contributed by atoms with Crippen molar-refractivity contribution in [2.75, 3.05) is 0 Å². The largest absolute Gasteiger partial charge is 0.451 e. The average molecular weight is 919 g/mol. The van der Waals surface area contributed by atoms with Gasteiger partial charge < -0.3 is 9.47 Å². The lowest BCUT2D eigenvalue weighted by atomic mass is 9.73. The Hall–Kier alpha value is -5.22. The molecule has 6 rings (SSSR count). The van der Waals surface area contributed by atoms with Gasteiger partial charge in [0.05, 0.1) is 15.2 Å². The molecule has 0 heterocycles. The van der Waals surface area contributed by atoms with Gasteiger partial charge in [-0.3, -0.25) is 18.2 Å². The average Bonchev–Trinajstić information content (AvgIpc) is 3.13. The number of alkyl halides is 1. The van der Waals surface area contributed by atoms with Crippen LogP contribution in [0.2, 0.25) is 0 Å². The Morgan fingerprint density at radius 1 is 0.559 bits per heavy atom. The fraction of sp³-hybridized carbons (Fsp3) is 0.0909. The first kappa shape index (κ1) is 43.4. The molecule has 0 fully saturated rings. The van der Waals surface area contributed by atoms with Crippen molar-refractivity contribution in [3.63, 3.8) is 0 Å². The first-order valence-electron chi connectivity index (χ1n) is 15.4. The van der Waals surface area contributed by atoms with Crippen molar-refractivity contribution in [2.45, 2.75) is 38.1 Å². The van der Waals surface area contributed by atoms with Gasteiger partial charge in [-0.05, 0) is 66.2 Å². The highest BCUT2D eigenvalue weighted by molar-refractivity contribution is 7.87. The summed E-state index contributed by atoms with van der Waals surface area (Å²) in [5.74, 6) is -23.8. The van der Waals surface area contributed by atoms with Crippen LogP contribution in [0, 0.1) is 23.3 Å². The Morgan fingerprint density at radius 2 is 0.966 bits per heavy atom. The lowest BCUT2D eigenvalue weighted by Gasteiger charge is -2.35. The number of allylic oxidation sites excluding steroid dienone is 3. The molecular weight excluding hydrogens is 901 g/mol. The maximum Gasteiger partial charge on any atom is 0.295 e. The second kappa shape index (κ2) is 14.2. The molecule has 26 heteroatoms. The van der Waals surface area contributed by atoms with Gasteiger partial charge in [0.15, 0.2) is 35.2 Å². The molecule has 0 radical (unpaired) electrons. The maximum absolute atomic E-state index is 15.9. The summed E-state index contributed by atoms with van der Waals surface area (Å²) < 4.78 is 267. The van der Waals surface area contributed by atoms with Crippen LogP contribution in [0.25, 0.3) is 21.5 Å². The Balaban J connectivity index is 1.41. The highest BCUT2D eigenvalue weighted by Crippen LogP contribution is 2.52. The molecule has 0 saturated carbocycles. The summed E-state index contributed by atoms with van der Waals surface area (Å²) in [4.78, 5) is -4.47. The fourth-order valence-corrected chi connectivity index (χ4v) is 8.74. The van der Waals surface area contributed by atoms with Crippen LogP contribution in [-0.4, -0.2) is 58.1 Å². The molecule has 4 N–H and O–H groups in total. The maximum atomic E-state index is 15.9. The highest BCUT2D eigenvalue weighted by Gasteiger charge is 2.55. The summed E-state index contributed by atoms with van der Waals surface area (Å²) in [6.45, 7) is 0.103. The number of halogens is 8. The van der Waals surface area contributed by atoms with Gasteiger partial charge in [-0.1, -0.05) is 12.1 Å². The molecule has 2 atom stereocenters. The number of ether oxygens (including phenoxy) is 2. The topological polar surface area (TPSA) is 236 Å². The second-order valence-electron chi connectivity index (χ2n) is 12.5. The van der Waals surface area contributed by atoms with Crippen molar-refractivity contribution in [2.24, 2.45) is 0 Å². The van der Waals surface area contributed by atoms with Crippen molar-refractivity contribution in [1.29, 1.82) is 0 Å². The van der Waals surface area contributed by atoms with Gasteiger partial charge in [0.2, 0.25) is 23.2 Å². The fourth-order valence-electron chi connectivity index (χ4n) is 6.04. The molecule has 2 unspecified atom stereocenters. The molecule has 0 saturated heterocycles. The van der Waals surface area contributed by atoms with Crippen LogP contribution in [0.4, 0.5) is 35.1 Å². The summed E-state index contributed by atoms with van der Waals surface area (Å²) in [5.41, 5.74) is -6.17. The van der Waals surface area contributed by atoms with Crippen molar-refractivity contribution < 1.29 is 96.5 Å². The molecule has 5 aromatic rings. The van der Waals surface area contributed by atoms with E-state index in [-0.39, 0.29) is 29.8 Å². The van der Waals surface area contributed by atoms with Crippen LogP contribution in [0.15, 0.2) is 103 Å². The van der Waals surface area contributed by atoms with E-state index in [1.54, 1.807) is 0 Å². The number of benzene rings is 5. The zero-order valence-electron chi connectivity index (χ0n) is 28.4. The Kier molecular flexibility index (Phi) is 10.4. The van der Waals surface area contributed by atoms with Crippen LogP contribution in [0.3, 0.4) is 0 Å². The van der Waals surface area contributed by atoms with Gasteiger partial charge in [-0.2, -0.15) is 46.8 Å². The molecular formula is C33H18F8O14S4. The molecule has 14 nitrogen and oxygen atoms in total. The summed E-state index contributed by atoms with van der Waals surface area (Å²) >= 11 is 0. The predicted octanol–water partition coefficient (Wildman–Crippen LogP) is 7.35. The van der Waals surface area contributed by atoms with E-state index in [1.807, 2.05) is 0 Å². The Bertz CT molecular complexity index is 3200. The zero-order valence-corrected chi connectivity index (χ0v) is 31.6. The summed E-state index contributed by atoms with van der Waals surface area (Å²) in [6.07, 6.45) is -3.76. The number of rotatable bonds is 9. The summed E-state index contributed by atoms with van der Waals surface area (Å²) in [7, 11) is -20.8. The van der Waals surface area contributed by atoms with Crippen LogP contribution in [0.1, 0.15) is 12.5 Å². The zero-order chi connectivity index (χ0) is 44.1. The van der Waals surface area contributed by atoms with Gasteiger partial charge in [-0.15, -0.1) is 0 Å². The highest BCUT2D eigenvalue weighted by atomic mass is 32.2. The van der Waals surface area contributed by atoms with Crippen molar-refractivity contribution in [3.8, 4) is 17.2 Å². The third-order valence-electron chi connectivity index (χ3n) is 8.85. The van der Waals surface area contributed by atoms with Crippen LogP contribution >= 0.6 is 0 Å². The van der Waals surface area contributed by atoms with E-state index >= 15 is 35.1 Å². The number of hydrogen-bond donors (Lipinski definition) is 4. The van der Waals surface area contributed by atoms with Gasteiger partial charge >= 0.3 is 0 Å². The van der Waals surface area contributed by atoms with Gasteiger partial charge in [0.1, 0.15) is 21.3 Å². The van der Waals surface area contributed by atoms with E-state index in [2.05, 4.69) is 0 Å². The van der Waals surface area contributed by atoms with Crippen LogP contribution in [0.5, 0.6) is 17.2 Å². The summed E-state index contributed by atoms with van der Waals surface area (Å²) in [5, 5.41) is -2.00. The lowest BCUT2D eigenvalue weighted by Crippen LogP contribution is -2.41. The monoisotopic (exact) mass is 918 g/mol. The first-order chi connectivity index (χ1) is 27.0. The third-order valence-corrected chi connectivity index (χ3v) is 12.3. The van der Waals surface area contributed by atoms with E-state index in [1.165, 1.54) is 0 Å². The van der Waals surface area contributed by atoms with Gasteiger partial charge in [-0.25, -0.2) is 22.0 Å². The molecule has 59 heavy (non-hydrogen) atoms. The molecule has 0 amide bonds. The molecule has 1 aliphatic carbocycles. The van der Waals surface area contributed by atoms with E-state index in [4.69, 9.17) is 9.47 Å². The minimum atomic E-state index is -5.33. The van der Waals surface area contributed by atoms with Gasteiger partial charge in [0.25, 0.3) is 40.5 Å². The quantitative estimate of drug-likeness (QED) is 0.0643. The SMILES string of the molecule is CC1(c2c(F)c(F)c(Oc3ccc4cc(S(=O)(=O)O)cc(S(=O)(=O)O)c4c3)c(F)c2F)C(F)=C(F)C(Oc2ccc3cc(S(=O)(=O)O)cc(S(=O)(=O)O)c3c2)=C(F)C1F. The molecule has 314 valence electrons. The Morgan fingerprint density at radius 3 is 1.36 bits per heavy atom. The molecule has 1 aliphatic rings. The molecule has 0 bridgehead atoms. The van der Waals surface area contributed by atoms with E-state index in [9.17, 15) is 51.9 Å². The van der Waals surface area contributed by atoms with Crippen molar-refractivity contribution in [1.82, 2.24) is 0 Å².